The number of hydrogen-bond acceptors (Lipinski definition) is 2. The number of nitrogens with one attached hydrogen (secondary N) is 1. The van der Waals surface area contributed by atoms with Gasteiger partial charge in [0.1, 0.15) is 0 Å². The van der Waals surface area contributed by atoms with E-state index < -0.39 is 5.97 Å². The Balaban J connectivity index is 1.85. The molecule has 0 heterocycles. The zero-order valence-corrected chi connectivity index (χ0v) is 11.6. The van der Waals surface area contributed by atoms with Crippen molar-refractivity contribution in [1.29, 1.82) is 0 Å². The van der Waals surface area contributed by atoms with Gasteiger partial charge in [0.05, 0.1) is 5.56 Å². The van der Waals surface area contributed by atoms with E-state index in [0.29, 0.717) is 11.0 Å². The van der Waals surface area contributed by atoms with Crippen molar-refractivity contribution in [3.63, 3.8) is 0 Å². The molecule has 3 heteroatoms. The molecule has 1 aromatic carbocycles. The average molecular weight is 261 g/mol. The summed E-state index contributed by atoms with van der Waals surface area (Å²) in [6.45, 7) is 4.12. The van der Waals surface area contributed by atoms with Crippen molar-refractivity contribution in [1.82, 2.24) is 5.32 Å². The zero-order valence-electron chi connectivity index (χ0n) is 11.6. The predicted molar refractivity (Wildman–Crippen MR) is 76.3 cm³/mol. The van der Waals surface area contributed by atoms with Gasteiger partial charge in [-0.05, 0) is 36.0 Å². The van der Waals surface area contributed by atoms with E-state index in [2.05, 4.69) is 12.2 Å². The fourth-order valence-electron chi connectivity index (χ4n) is 2.91. The molecule has 3 nitrogen and oxygen atoms in total. The van der Waals surface area contributed by atoms with E-state index in [1.807, 2.05) is 12.1 Å². The number of aromatic carboxylic acids is 1. The summed E-state index contributed by atoms with van der Waals surface area (Å²) in [4.78, 5) is 10.9. The molecule has 0 unspecified atom stereocenters. The van der Waals surface area contributed by atoms with E-state index in [4.69, 9.17) is 5.11 Å². The molecule has 0 spiro atoms. The van der Waals surface area contributed by atoms with Gasteiger partial charge in [0.15, 0.2) is 0 Å². The Hall–Kier alpha value is -1.35. The maximum atomic E-state index is 10.9. The van der Waals surface area contributed by atoms with Gasteiger partial charge in [-0.3, -0.25) is 0 Å². The summed E-state index contributed by atoms with van der Waals surface area (Å²) < 4.78 is 0. The Morgan fingerprint density at radius 1 is 1.32 bits per heavy atom. The fourth-order valence-corrected chi connectivity index (χ4v) is 2.91. The zero-order chi connectivity index (χ0) is 13.7. The van der Waals surface area contributed by atoms with Crippen LogP contribution in [0.15, 0.2) is 24.3 Å². The van der Waals surface area contributed by atoms with Crippen molar-refractivity contribution in [2.45, 2.75) is 45.6 Å². The number of carboxylic acid groups (broad SMARTS) is 1. The maximum absolute atomic E-state index is 10.9. The van der Waals surface area contributed by atoms with Crippen molar-refractivity contribution in [2.24, 2.45) is 5.41 Å². The van der Waals surface area contributed by atoms with Gasteiger partial charge >= 0.3 is 5.97 Å². The van der Waals surface area contributed by atoms with Crippen LogP contribution in [0.4, 0.5) is 0 Å². The number of carboxylic acids is 1. The van der Waals surface area contributed by atoms with Crippen molar-refractivity contribution < 1.29 is 9.90 Å². The Kier molecular flexibility index (Phi) is 4.59. The second-order valence-electron chi connectivity index (χ2n) is 5.98. The van der Waals surface area contributed by atoms with Crippen LogP contribution in [0.1, 0.15) is 54.9 Å². The van der Waals surface area contributed by atoms with Gasteiger partial charge in [-0.15, -0.1) is 0 Å². The van der Waals surface area contributed by atoms with Crippen LogP contribution in [0.25, 0.3) is 0 Å². The van der Waals surface area contributed by atoms with E-state index in [0.717, 1.165) is 18.7 Å². The molecule has 0 aliphatic heterocycles. The van der Waals surface area contributed by atoms with Crippen molar-refractivity contribution >= 4 is 5.97 Å². The Morgan fingerprint density at radius 3 is 2.74 bits per heavy atom. The largest absolute Gasteiger partial charge is 0.478 e. The number of rotatable bonds is 5. The van der Waals surface area contributed by atoms with Crippen LogP contribution in [0.5, 0.6) is 0 Å². The second-order valence-corrected chi connectivity index (χ2v) is 5.98. The van der Waals surface area contributed by atoms with Crippen LogP contribution < -0.4 is 5.32 Å². The molecule has 1 aliphatic rings. The van der Waals surface area contributed by atoms with Gasteiger partial charge in [-0.1, -0.05) is 38.3 Å². The third kappa shape index (κ3) is 4.06. The van der Waals surface area contributed by atoms with Gasteiger partial charge in [-0.25, -0.2) is 4.79 Å². The van der Waals surface area contributed by atoms with E-state index >= 15 is 0 Å². The summed E-state index contributed by atoms with van der Waals surface area (Å²) in [6.07, 6.45) is 6.65. The minimum atomic E-state index is -0.860. The molecule has 0 aromatic heterocycles. The molecule has 19 heavy (non-hydrogen) atoms. The normalized spacial score (nSPS) is 18.2. The van der Waals surface area contributed by atoms with Crippen LogP contribution in [0.2, 0.25) is 0 Å². The van der Waals surface area contributed by atoms with Crippen LogP contribution >= 0.6 is 0 Å². The molecule has 2 N–H and O–H groups in total. The lowest BCUT2D eigenvalue weighted by Gasteiger charge is -2.33. The van der Waals surface area contributed by atoms with Gasteiger partial charge in [0.2, 0.25) is 0 Å². The Labute approximate surface area is 115 Å². The summed E-state index contributed by atoms with van der Waals surface area (Å²) in [5.41, 5.74) is 1.82. The first-order chi connectivity index (χ1) is 9.09. The highest BCUT2D eigenvalue weighted by atomic mass is 16.4. The molecule has 0 bridgehead atoms. The highest BCUT2D eigenvalue weighted by Gasteiger charge is 2.25. The molecule has 1 fully saturated rings. The van der Waals surface area contributed by atoms with Gasteiger partial charge < -0.3 is 10.4 Å². The molecule has 1 aromatic rings. The summed E-state index contributed by atoms with van der Waals surface area (Å²) in [5.74, 6) is -0.860. The first-order valence-corrected chi connectivity index (χ1v) is 7.12. The fraction of sp³-hybridized carbons (Fsp3) is 0.562. The summed E-state index contributed by atoms with van der Waals surface area (Å²) in [7, 11) is 0. The van der Waals surface area contributed by atoms with Crippen molar-refractivity contribution in [3.8, 4) is 0 Å². The first-order valence-electron chi connectivity index (χ1n) is 7.12. The number of carbonyl (C=O) groups is 1. The third-order valence-electron chi connectivity index (χ3n) is 4.12. The molecule has 1 saturated carbocycles. The first kappa shape index (κ1) is 14.1. The lowest BCUT2D eigenvalue weighted by Crippen LogP contribution is -2.33. The summed E-state index contributed by atoms with van der Waals surface area (Å²) >= 11 is 0. The minimum Gasteiger partial charge on any atom is -0.478 e. The molecule has 1 aliphatic carbocycles. The quantitative estimate of drug-likeness (QED) is 0.853. The van der Waals surface area contributed by atoms with Gasteiger partial charge in [0.25, 0.3) is 0 Å². The highest BCUT2D eigenvalue weighted by molar-refractivity contribution is 5.87. The lowest BCUT2D eigenvalue weighted by molar-refractivity contribution is 0.0696. The lowest BCUT2D eigenvalue weighted by atomic mass is 9.76. The van der Waals surface area contributed by atoms with Crippen molar-refractivity contribution in [3.05, 3.63) is 35.4 Å². The Bertz CT molecular complexity index is 436. The maximum Gasteiger partial charge on any atom is 0.335 e. The SMILES string of the molecule is CC1(CNCc2cccc(C(=O)O)c2)CCCCC1. The number of hydrogen-bond donors (Lipinski definition) is 2. The molecular weight excluding hydrogens is 238 g/mol. The van der Waals surface area contributed by atoms with Crippen LogP contribution in [-0.4, -0.2) is 17.6 Å². The summed E-state index contributed by atoms with van der Waals surface area (Å²) in [6, 6.07) is 7.16. The molecular formula is C16H23NO2. The van der Waals surface area contributed by atoms with Crippen LogP contribution in [0.3, 0.4) is 0 Å². The third-order valence-corrected chi connectivity index (χ3v) is 4.12. The monoisotopic (exact) mass is 261 g/mol. The highest BCUT2D eigenvalue weighted by Crippen LogP contribution is 2.34. The van der Waals surface area contributed by atoms with E-state index in [9.17, 15) is 4.79 Å². The van der Waals surface area contributed by atoms with Crippen LogP contribution in [0, 0.1) is 5.41 Å². The minimum absolute atomic E-state index is 0.364. The van der Waals surface area contributed by atoms with Crippen LogP contribution in [-0.2, 0) is 6.54 Å². The standard InChI is InChI=1S/C16H23NO2/c1-16(8-3-2-4-9-16)12-17-11-13-6-5-7-14(10-13)15(18)19/h5-7,10,17H,2-4,8-9,11-12H2,1H3,(H,18,19). The summed E-state index contributed by atoms with van der Waals surface area (Å²) in [5, 5.41) is 12.4. The second kappa shape index (κ2) is 6.20. The molecule has 0 radical (unpaired) electrons. The number of benzene rings is 1. The smallest absolute Gasteiger partial charge is 0.335 e. The molecule has 0 atom stereocenters. The van der Waals surface area contributed by atoms with Crippen molar-refractivity contribution in [2.75, 3.05) is 6.54 Å². The molecule has 104 valence electrons. The molecule has 0 amide bonds. The van der Waals surface area contributed by atoms with Gasteiger partial charge in [0, 0.05) is 13.1 Å². The topological polar surface area (TPSA) is 49.3 Å². The average Bonchev–Trinajstić information content (AvgIpc) is 2.39. The molecule has 0 saturated heterocycles. The molecule has 2 rings (SSSR count). The van der Waals surface area contributed by atoms with Gasteiger partial charge in [-0.2, -0.15) is 0 Å². The predicted octanol–water partition coefficient (Wildman–Crippen LogP) is 3.44. The van der Waals surface area contributed by atoms with E-state index in [1.54, 1.807) is 12.1 Å². The van der Waals surface area contributed by atoms with E-state index in [-0.39, 0.29) is 0 Å². The van der Waals surface area contributed by atoms with E-state index in [1.165, 1.54) is 32.1 Å². The Morgan fingerprint density at radius 2 is 2.05 bits per heavy atom.